The monoisotopic (exact) mass is 239 g/mol. The maximum Gasteiger partial charge on any atom is 0.333 e. The fourth-order valence-electron chi connectivity index (χ4n) is 1.54. The third-order valence-electron chi connectivity index (χ3n) is 2.34. The lowest BCUT2D eigenvalue weighted by atomic mass is 10.1. The summed E-state index contributed by atoms with van der Waals surface area (Å²) in [6.45, 7) is -2.66. The minimum Gasteiger partial charge on any atom is -0.496 e. The molecule has 0 spiro atoms. The Labute approximate surface area is 96.6 Å². The van der Waals surface area contributed by atoms with Gasteiger partial charge in [0.05, 0.1) is 13.3 Å². The fourth-order valence-corrected chi connectivity index (χ4v) is 1.54. The first-order valence-corrected chi connectivity index (χ1v) is 4.88. The molecule has 0 aliphatic carbocycles. The molecule has 0 saturated heterocycles. The van der Waals surface area contributed by atoms with Crippen molar-refractivity contribution in [2.75, 3.05) is 12.8 Å². The van der Waals surface area contributed by atoms with Gasteiger partial charge in [0.2, 0.25) is 0 Å². The lowest BCUT2D eigenvalue weighted by Gasteiger charge is -2.07. The normalized spacial score (nSPS) is 10.8. The highest BCUT2D eigenvalue weighted by molar-refractivity contribution is 5.72. The number of alkyl halides is 2. The summed E-state index contributed by atoms with van der Waals surface area (Å²) in [7, 11) is 1.51. The summed E-state index contributed by atoms with van der Waals surface area (Å²) in [6.07, 6.45) is 2.60. The van der Waals surface area contributed by atoms with Gasteiger partial charge in [-0.05, 0) is 18.2 Å². The van der Waals surface area contributed by atoms with Gasteiger partial charge in [0.15, 0.2) is 0 Å². The third-order valence-corrected chi connectivity index (χ3v) is 2.34. The van der Waals surface area contributed by atoms with Crippen LogP contribution in [0.25, 0.3) is 11.1 Å². The van der Waals surface area contributed by atoms with Crippen LogP contribution in [0.4, 0.5) is 14.5 Å². The van der Waals surface area contributed by atoms with Crippen molar-refractivity contribution in [1.29, 1.82) is 0 Å². The maximum atomic E-state index is 12.4. The average Bonchev–Trinajstić information content (AvgIpc) is 2.78. The van der Waals surface area contributed by atoms with Crippen molar-refractivity contribution in [3.05, 3.63) is 30.6 Å². The largest absolute Gasteiger partial charge is 0.496 e. The highest BCUT2D eigenvalue weighted by atomic mass is 19.3. The van der Waals surface area contributed by atoms with E-state index in [-0.39, 0.29) is 0 Å². The highest BCUT2D eigenvalue weighted by Gasteiger charge is 2.12. The molecule has 17 heavy (non-hydrogen) atoms. The molecule has 1 heterocycles. The zero-order valence-corrected chi connectivity index (χ0v) is 9.10. The Morgan fingerprint density at radius 2 is 2.18 bits per heavy atom. The summed E-state index contributed by atoms with van der Waals surface area (Å²) in [5, 5.41) is 3.57. The van der Waals surface area contributed by atoms with Gasteiger partial charge in [-0.25, -0.2) is 4.68 Å². The number of nitrogen functional groups attached to an aromatic ring is 1. The molecule has 6 heteroatoms. The quantitative estimate of drug-likeness (QED) is 0.837. The predicted octanol–water partition coefficient (Wildman–Crippen LogP) is 2.54. The molecule has 0 radical (unpaired) electrons. The zero-order chi connectivity index (χ0) is 12.4. The van der Waals surface area contributed by atoms with Gasteiger partial charge >= 0.3 is 6.55 Å². The van der Waals surface area contributed by atoms with Crippen molar-refractivity contribution in [3.63, 3.8) is 0 Å². The first-order chi connectivity index (χ1) is 8.11. The lowest BCUT2D eigenvalue weighted by Crippen LogP contribution is -1.96. The number of rotatable bonds is 3. The summed E-state index contributed by atoms with van der Waals surface area (Å²) in [5.41, 5.74) is 7.36. The highest BCUT2D eigenvalue weighted by Crippen LogP contribution is 2.31. The van der Waals surface area contributed by atoms with Crippen LogP contribution in [0.2, 0.25) is 0 Å². The SMILES string of the molecule is COc1ccc(N)cc1-c1cnn(C(F)F)c1. The van der Waals surface area contributed by atoms with E-state index in [0.29, 0.717) is 27.2 Å². The molecule has 0 fully saturated rings. The molecule has 0 amide bonds. The zero-order valence-electron chi connectivity index (χ0n) is 9.10. The van der Waals surface area contributed by atoms with Crippen LogP contribution < -0.4 is 10.5 Å². The second-order valence-electron chi connectivity index (χ2n) is 3.45. The van der Waals surface area contributed by atoms with Crippen LogP contribution in [0.15, 0.2) is 30.6 Å². The number of hydrogen-bond acceptors (Lipinski definition) is 3. The van der Waals surface area contributed by atoms with Crippen molar-refractivity contribution in [2.45, 2.75) is 6.55 Å². The number of halogens is 2. The molecule has 0 aliphatic heterocycles. The minimum absolute atomic E-state index is 0.533. The molecule has 4 nitrogen and oxygen atoms in total. The minimum atomic E-state index is -2.66. The van der Waals surface area contributed by atoms with Crippen molar-refractivity contribution in [1.82, 2.24) is 9.78 Å². The molecule has 2 N–H and O–H groups in total. The van der Waals surface area contributed by atoms with Crippen LogP contribution >= 0.6 is 0 Å². The molecule has 0 saturated carbocycles. The Balaban J connectivity index is 2.47. The van der Waals surface area contributed by atoms with E-state index in [9.17, 15) is 8.78 Å². The molecule has 0 unspecified atom stereocenters. The number of nitrogens with zero attached hydrogens (tertiary/aromatic N) is 2. The van der Waals surface area contributed by atoms with E-state index in [1.54, 1.807) is 18.2 Å². The van der Waals surface area contributed by atoms with Crippen LogP contribution in [0, 0.1) is 0 Å². The summed E-state index contributed by atoms with van der Waals surface area (Å²) in [5.74, 6) is 0.563. The number of aromatic nitrogens is 2. The third kappa shape index (κ3) is 2.20. The van der Waals surface area contributed by atoms with Crippen molar-refractivity contribution >= 4 is 5.69 Å². The van der Waals surface area contributed by atoms with E-state index in [1.807, 2.05) is 0 Å². The Hall–Kier alpha value is -2.11. The maximum absolute atomic E-state index is 12.4. The predicted molar refractivity (Wildman–Crippen MR) is 59.9 cm³/mol. The molecule has 0 atom stereocenters. The number of methoxy groups -OCH3 is 1. The van der Waals surface area contributed by atoms with Gasteiger partial charge in [0.1, 0.15) is 5.75 Å². The molecular weight excluding hydrogens is 228 g/mol. The molecule has 90 valence electrons. The first kappa shape index (κ1) is 11.4. The number of benzene rings is 1. The van der Waals surface area contributed by atoms with Crippen LogP contribution in [0.1, 0.15) is 6.55 Å². The van der Waals surface area contributed by atoms with Gasteiger partial charge in [0.25, 0.3) is 0 Å². The van der Waals surface area contributed by atoms with Gasteiger partial charge in [-0.3, -0.25) is 0 Å². The van der Waals surface area contributed by atoms with Crippen LogP contribution in [0.3, 0.4) is 0 Å². The van der Waals surface area contributed by atoms with E-state index in [0.717, 1.165) is 0 Å². The van der Waals surface area contributed by atoms with Gasteiger partial charge in [-0.1, -0.05) is 0 Å². The van der Waals surface area contributed by atoms with Crippen molar-refractivity contribution in [2.24, 2.45) is 0 Å². The number of ether oxygens (including phenoxy) is 1. The first-order valence-electron chi connectivity index (χ1n) is 4.88. The molecule has 2 aromatic rings. The summed E-state index contributed by atoms with van der Waals surface area (Å²) >= 11 is 0. The Bertz CT molecular complexity index is 525. The van der Waals surface area contributed by atoms with Gasteiger partial charge < -0.3 is 10.5 Å². The van der Waals surface area contributed by atoms with Gasteiger partial charge in [-0.15, -0.1) is 0 Å². The van der Waals surface area contributed by atoms with Gasteiger partial charge in [-0.2, -0.15) is 13.9 Å². The Morgan fingerprint density at radius 1 is 1.41 bits per heavy atom. The van der Waals surface area contributed by atoms with E-state index in [1.165, 1.54) is 19.5 Å². The van der Waals surface area contributed by atoms with E-state index in [4.69, 9.17) is 10.5 Å². The molecule has 0 bridgehead atoms. The summed E-state index contributed by atoms with van der Waals surface area (Å²) in [6, 6.07) is 5.02. The van der Waals surface area contributed by atoms with Crippen molar-refractivity contribution < 1.29 is 13.5 Å². The smallest absolute Gasteiger partial charge is 0.333 e. The fraction of sp³-hybridized carbons (Fsp3) is 0.182. The van der Waals surface area contributed by atoms with E-state index >= 15 is 0 Å². The van der Waals surface area contributed by atoms with Gasteiger partial charge in [0, 0.05) is 23.0 Å². The molecule has 1 aromatic heterocycles. The molecular formula is C11H11F2N3O. The topological polar surface area (TPSA) is 53.1 Å². The molecule has 1 aromatic carbocycles. The van der Waals surface area contributed by atoms with Crippen LogP contribution in [-0.4, -0.2) is 16.9 Å². The van der Waals surface area contributed by atoms with Crippen LogP contribution in [0.5, 0.6) is 5.75 Å². The molecule has 2 rings (SSSR count). The van der Waals surface area contributed by atoms with Crippen LogP contribution in [-0.2, 0) is 0 Å². The summed E-state index contributed by atoms with van der Waals surface area (Å²) in [4.78, 5) is 0. The number of nitrogens with two attached hydrogens (primary N) is 1. The molecule has 0 aliphatic rings. The van der Waals surface area contributed by atoms with E-state index in [2.05, 4.69) is 5.10 Å². The number of hydrogen-bond donors (Lipinski definition) is 1. The Morgan fingerprint density at radius 3 is 2.76 bits per heavy atom. The summed E-state index contributed by atoms with van der Waals surface area (Å²) < 4.78 is 30.5. The standard InChI is InChI=1S/C11H11F2N3O/c1-17-10-3-2-8(14)4-9(10)7-5-15-16(6-7)11(12)13/h2-6,11H,14H2,1H3. The average molecular weight is 239 g/mol. The van der Waals surface area contributed by atoms with Crippen molar-refractivity contribution in [3.8, 4) is 16.9 Å². The second kappa shape index (κ2) is 4.40. The second-order valence-corrected chi connectivity index (χ2v) is 3.45. The Kier molecular flexibility index (Phi) is 2.95. The van der Waals surface area contributed by atoms with E-state index < -0.39 is 6.55 Å². The number of anilines is 1. The lowest BCUT2D eigenvalue weighted by molar-refractivity contribution is 0.0566.